The van der Waals surface area contributed by atoms with Crippen molar-refractivity contribution in [3.05, 3.63) is 119 Å². The minimum Gasteiger partial charge on any atom is -0.392 e. The van der Waals surface area contributed by atoms with Crippen molar-refractivity contribution < 1.29 is 9.90 Å². The van der Waals surface area contributed by atoms with Crippen LogP contribution in [0.5, 0.6) is 0 Å². The third kappa shape index (κ3) is 4.44. The van der Waals surface area contributed by atoms with Crippen LogP contribution in [-0.2, 0) is 10.3 Å². The Hall–Kier alpha value is -2.66. The number of aliphatic hydroxyl groups is 1. The molecule has 0 bridgehead atoms. The number of hydrogen-bond donors (Lipinski definition) is 1. The van der Waals surface area contributed by atoms with E-state index < -0.39 is 5.54 Å². The van der Waals surface area contributed by atoms with Crippen molar-refractivity contribution in [2.45, 2.75) is 24.1 Å². The number of aliphatic hydroxyl groups excluding tert-OH is 1. The molecule has 1 aliphatic heterocycles. The maximum atomic E-state index is 11.9. The predicted molar refractivity (Wildman–Crippen MR) is 133 cm³/mol. The number of carbonyl (C=O) groups excluding carboxylic acids is 1. The first-order valence-corrected chi connectivity index (χ1v) is 11.9. The van der Waals surface area contributed by atoms with Crippen molar-refractivity contribution in [3.8, 4) is 0 Å². The highest BCUT2D eigenvalue weighted by molar-refractivity contribution is 8.14. The van der Waals surface area contributed by atoms with Crippen molar-refractivity contribution in [1.82, 2.24) is 4.90 Å². The fourth-order valence-electron chi connectivity index (χ4n) is 4.88. The summed E-state index contributed by atoms with van der Waals surface area (Å²) < 4.78 is 0. The molecule has 0 saturated carbocycles. The Labute approximate surface area is 194 Å². The summed E-state index contributed by atoms with van der Waals surface area (Å²) >= 11 is 1.38. The first-order valence-electron chi connectivity index (χ1n) is 11.0. The topological polar surface area (TPSA) is 40.5 Å². The van der Waals surface area contributed by atoms with Crippen molar-refractivity contribution in [2.24, 2.45) is 0 Å². The van der Waals surface area contributed by atoms with Crippen LogP contribution in [0, 0.1) is 0 Å². The number of benzene rings is 3. The largest absolute Gasteiger partial charge is 0.392 e. The summed E-state index contributed by atoms with van der Waals surface area (Å²) in [4.78, 5) is 14.4. The molecule has 0 aromatic heterocycles. The monoisotopic (exact) mass is 443 g/mol. The lowest BCUT2D eigenvalue weighted by Gasteiger charge is -2.49. The van der Waals surface area contributed by atoms with Gasteiger partial charge < -0.3 is 5.11 Å². The zero-order valence-corrected chi connectivity index (χ0v) is 19.2. The number of carbonyl (C=O) groups is 1. The van der Waals surface area contributed by atoms with Gasteiger partial charge in [-0.1, -0.05) is 109 Å². The van der Waals surface area contributed by atoms with Crippen LogP contribution in [0.25, 0.3) is 0 Å². The lowest BCUT2D eigenvalue weighted by atomic mass is 9.74. The number of hydrogen-bond acceptors (Lipinski definition) is 4. The van der Waals surface area contributed by atoms with E-state index in [1.165, 1.54) is 28.5 Å². The van der Waals surface area contributed by atoms with Gasteiger partial charge in [-0.3, -0.25) is 9.69 Å². The number of rotatable bonds is 6. The molecule has 164 valence electrons. The van der Waals surface area contributed by atoms with Crippen LogP contribution >= 0.6 is 11.8 Å². The second kappa shape index (κ2) is 10.3. The molecule has 1 atom stereocenters. The highest BCUT2D eigenvalue weighted by Crippen LogP contribution is 2.45. The summed E-state index contributed by atoms with van der Waals surface area (Å²) in [7, 11) is 0. The van der Waals surface area contributed by atoms with Crippen LogP contribution in [0.1, 0.15) is 30.0 Å². The van der Waals surface area contributed by atoms with E-state index in [4.69, 9.17) is 0 Å². The van der Waals surface area contributed by atoms with Gasteiger partial charge in [0.25, 0.3) is 0 Å². The molecule has 32 heavy (non-hydrogen) atoms. The minimum atomic E-state index is -0.482. The Kier molecular flexibility index (Phi) is 7.26. The SMILES string of the molecule is CC(=O)S[C@@H]1CCN(C(c2ccccc2)(c2ccccc2)c2ccccc2)C/C1=C\CO. The van der Waals surface area contributed by atoms with Gasteiger partial charge in [-0.2, -0.15) is 0 Å². The summed E-state index contributed by atoms with van der Waals surface area (Å²) in [6.07, 6.45) is 2.74. The second-order valence-electron chi connectivity index (χ2n) is 8.08. The van der Waals surface area contributed by atoms with E-state index in [1.807, 2.05) is 6.08 Å². The number of likely N-dealkylation sites (tertiary alicyclic amines) is 1. The van der Waals surface area contributed by atoms with Gasteiger partial charge in [0.2, 0.25) is 0 Å². The summed E-state index contributed by atoms with van der Waals surface area (Å²) in [5.74, 6) is 0. The fourth-order valence-corrected chi connectivity index (χ4v) is 5.83. The van der Waals surface area contributed by atoms with Gasteiger partial charge in [0, 0.05) is 25.3 Å². The molecule has 1 fully saturated rings. The molecule has 0 amide bonds. The van der Waals surface area contributed by atoms with E-state index in [2.05, 4.69) is 95.9 Å². The van der Waals surface area contributed by atoms with Crippen LogP contribution in [0.15, 0.2) is 103 Å². The highest BCUT2D eigenvalue weighted by Gasteiger charge is 2.44. The highest BCUT2D eigenvalue weighted by atomic mass is 32.2. The van der Waals surface area contributed by atoms with Gasteiger partial charge >= 0.3 is 0 Å². The molecule has 1 N–H and O–H groups in total. The Balaban J connectivity index is 1.90. The van der Waals surface area contributed by atoms with E-state index >= 15 is 0 Å². The van der Waals surface area contributed by atoms with Gasteiger partial charge in [0.05, 0.1) is 12.1 Å². The zero-order chi connectivity index (χ0) is 22.4. The zero-order valence-electron chi connectivity index (χ0n) is 18.4. The molecule has 1 heterocycles. The van der Waals surface area contributed by atoms with Crippen LogP contribution < -0.4 is 0 Å². The molecule has 4 heteroatoms. The number of thioether (sulfide) groups is 1. The Morgan fingerprint density at radius 1 is 0.938 bits per heavy atom. The van der Waals surface area contributed by atoms with E-state index in [0.717, 1.165) is 18.5 Å². The Morgan fingerprint density at radius 2 is 1.41 bits per heavy atom. The molecule has 1 aliphatic rings. The fraction of sp³-hybridized carbons (Fsp3) is 0.250. The second-order valence-corrected chi connectivity index (χ2v) is 9.46. The molecule has 0 spiro atoms. The van der Waals surface area contributed by atoms with Crippen molar-refractivity contribution in [1.29, 1.82) is 0 Å². The standard InChI is InChI=1S/C28H29NO2S/c1-22(31)32-27-17-19-29(21-23(27)18-20-30)28(24-11-5-2-6-12-24,25-13-7-3-8-14-25)26-15-9-4-10-16-26/h2-16,18,27,30H,17,19-21H2,1H3/b23-18+/t27-/m1/s1. The average Bonchev–Trinajstić information content (AvgIpc) is 2.83. The first-order chi connectivity index (χ1) is 15.7. The van der Waals surface area contributed by atoms with E-state index in [9.17, 15) is 9.90 Å². The van der Waals surface area contributed by atoms with Crippen LogP contribution in [0.3, 0.4) is 0 Å². The Morgan fingerprint density at radius 3 is 1.81 bits per heavy atom. The molecule has 0 unspecified atom stereocenters. The summed E-state index contributed by atoms with van der Waals surface area (Å²) in [6.45, 7) is 3.12. The van der Waals surface area contributed by atoms with Gasteiger partial charge in [-0.15, -0.1) is 0 Å². The molecule has 3 aromatic rings. The molecule has 4 rings (SSSR count). The average molecular weight is 444 g/mol. The van der Waals surface area contributed by atoms with Gasteiger partial charge in [0.1, 0.15) is 0 Å². The number of nitrogens with zero attached hydrogens (tertiary/aromatic N) is 1. The number of piperidine rings is 1. The van der Waals surface area contributed by atoms with Crippen LogP contribution in [0.4, 0.5) is 0 Å². The van der Waals surface area contributed by atoms with Gasteiger partial charge in [-0.25, -0.2) is 0 Å². The lowest BCUT2D eigenvalue weighted by molar-refractivity contribution is -0.109. The third-order valence-electron chi connectivity index (χ3n) is 6.16. The van der Waals surface area contributed by atoms with E-state index in [1.54, 1.807) is 6.92 Å². The molecule has 3 aromatic carbocycles. The van der Waals surface area contributed by atoms with Crippen molar-refractivity contribution in [3.63, 3.8) is 0 Å². The quantitative estimate of drug-likeness (QED) is 0.417. The molecule has 1 saturated heterocycles. The van der Waals surface area contributed by atoms with Gasteiger partial charge in [-0.05, 0) is 28.7 Å². The summed E-state index contributed by atoms with van der Waals surface area (Å²) in [5.41, 5.74) is 4.26. The van der Waals surface area contributed by atoms with Gasteiger partial charge in [0.15, 0.2) is 5.12 Å². The maximum absolute atomic E-state index is 11.9. The smallest absolute Gasteiger partial charge is 0.186 e. The molecule has 3 nitrogen and oxygen atoms in total. The summed E-state index contributed by atoms with van der Waals surface area (Å²) in [5, 5.41) is 9.95. The summed E-state index contributed by atoms with van der Waals surface area (Å²) in [6, 6.07) is 31.9. The first kappa shape index (κ1) is 22.5. The maximum Gasteiger partial charge on any atom is 0.186 e. The van der Waals surface area contributed by atoms with E-state index in [0.29, 0.717) is 6.54 Å². The van der Waals surface area contributed by atoms with Crippen molar-refractivity contribution in [2.75, 3.05) is 19.7 Å². The Bertz CT molecular complexity index is 954. The van der Waals surface area contributed by atoms with Crippen LogP contribution in [0.2, 0.25) is 0 Å². The third-order valence-corrected chi connectivity index (χ3v) is 7.31. The normalized spacial score (nSPS) is 18.6. The molecular formula is C28H29NO2S. The van der Waals surface area contributed by atoms with Crippen molar-refractivity contribution >= 4 is 16.9 Å². The molecular weight excluding hydrogens is 414 g/mol. The van der Waals surface area contributed by atoms with Crippen LogP contribution in [-0.4, -0.2) is 40.1 Å². The molecule has 0 radical (unpaired) electrons. The lowest BCUT2D eigenvalue weighted by Crippen LogP contribution is -2.52. The minimum absolute atomic E-state index is 0.0207. The molecule has 0 aliphatic carbocycles. The van der Waals surface area contributed by atoms with E-state index in [-0.39, 0.29) is 17.0 Å². The predicted octanol–water partition coefficient (Wildman–Crippen LogP) is 5.25.